The number of guanidine groups is 1. The van der Waals surface area contributed by atoms with Crippen molar-refractivity contribution in [3.8, 4) is 0 Å². The van der Waals surface area contributed by atoms with Gasteiger partial charge in [0, 0.05) is 25.7 Å². The third-order valence-corrected chi connectivity index (χ3v) is 3.19. The summed E-state index contributed by atoms with van der Waals surface area (Å²) in [6.45, 7) is 5.10. The van der Waals surface area contributed by atoms with Gasteiger partial charge in [-0.15, -0.1) is 24.0 Å². The maximum absolute atomic E-state index is 12.8. The quantitative estimate of drug-likeness (QED) is 0.455. The first-order valence-corrected chi connectivity index (χ1v) is 6.83. The molecule has 6 heteroatoms. The number of furan rings is 1. The molecule has 0 aliphatic heterocycles. The summed E-state index contributed by atoms with van der Waals surface area (Å²) in [6, 6.07) is 8.41. The standard InChI is InChI=1S/C16H20FN3O.HI/c1-11-8-14(12(2)21-11)10-20-16(18-3)19-9-13-4-6-15(17)7-5-13;/h4-8H,9-10H2,1-3H3,(H2,18,19,20);1H. The second kappa shape index (κ2) is 8.77. The molecule has 120 valence electrons. The topological polar surface area (TPSA) is 49.6 Å². The molecule has 0 bridgehead atoms. The molecule has 0 spiro atoms. The monoisotopic (exact) mass is 417 g/mol. The molecule has 0 atom stereocenters. The van der Waals surface area contributed by atoms with Gasteiger partial charge in [-0.05, 0) is 37.6 Å². The molecule has 1 aromatic heterocycles. The van der Waals surface area contributed by atoms with Crippen LogP contribution in [-0.2, 0) is 13.1 Å². The number of aliphatic imine (C=N–C) groups is 1. The molecule has 0 saturated carbocycles. The number of aryl methyl sites for hydroxylation is 2. The zero-order valence-electron chi connectivity index (χ0n) is 12.9. The normalized spacial score (nSPS) is 11.0. The lowest BCUT2D eigenvalue weighted by Gasteiger charge is -2.11. The molecule has 4 nitrogen and oxygen atoms in total. The molecule has 2 N–H and O–H groups in total. The highest BCUT2D eigenvalue weighted by Gasteiger charge is 2.05. The third kappa shape index (κ3) is 5.32. The highest BCUT2D eigenvalue weighted by atomic mass is 127. The van der Waals surface area contributed by atoms with E-state index in [0.29, 0.717) is 19.0 Å². The van der Waals surface area contributed by atoms with Crippen molar-refractivity contribution in [3.05, 3.63) is 58.8 Å². The molecule has 0 amide bonds. The first-order chi connectivity index (χ1) is 10.1. The van der Waals surface area contributed by atoms with Crippen LogP contribution in [0.25, 0.3) is 0 Å². The Morgan fingerprint density at radius 3 is 2.32 bits per heavy atom. The number of benzene rings is 1. The summed E-state index contributed by atoms with van der Waals surface area (Å²) in [5.41, 5.74) is 2.10. The van der Waals surface area contributed by atoms with Gasteiger partial charge >= 0.3 is 0 Å². The van der Waals surface area contributed by atoms with Crippen molar-refractivity contribution in [1.82, 2.24) is 10.6 Å². The molecule has 0 unspecified atom stereocenters. The summed E-state index contributed by atoms with van der Waals surface area (Å²) in [4.78, 5) is 4.16. The van der Waals surface area contributed by atoms with Crippen molar-refractivity contribution in [2.24, 2.45) is 4.99 Å². The maximum atomic E-state index is 12.8. The largest absolute Gasteiger partial charge is 0.466 e. The van der Waals surface area contributed by atoms with E-state index in [4.69, 9.17) is 4.42 Å². The van der Waals surface area contributed by atoms with E-state index < -0.39 is 0 Å². The van der Waals surface area contributed by atoms with Gasteiger partial charge in [-0.1, -0.05) is 12.1 Å². The van der Waals surface area contributed by atoms with E-state index in [2.05, 4.69) is 15.6 Å². The molecule has 0 radical (unpaired) electrons. The molecule has 1 aromatic carbocycles. The Morgan fingerprint density at radius 2 is 1.77 bits per heavy atom. The fraction of sp³-hybridized carbons (Fsp3) is 0.312. The summed E-state index contributed by atoms with van der Waals surface area (Å²) >= 11 is 0. The molecular formula is C16H21FIN3O. The zero-order chi connectivity index (χ0) is 15.2. The lowest BCUT2D eigenvalue weighted by atomic mass is 10.2. The van der Waals surface area contributed by atoms with Gasteiger partial charge in [-0.2, -0.15) is 0 Å². The summed E-state index contributed by atoms with van der Waals surface area (Å²) in [6.07, 6.45) is 0. The van der Waals surface area contributed by atoms with Gasteiger partial charge < -0.3 is 15.1 Å². The lowest BCUT2D eigenvalue weighted by Crippen LogP contribution is -2.36. The first kappa shape index (κ1) is 18.5. The van der Waals surface area contributed by atoms with Crippen molar-refractivity contribution < 1.29 is 8.81 Å². The number of rotatable bonds is 4. The van der Waals surface area contributed by atoms with Crippen LogP contribution in [0, 0.1) is 19.7 Å². The molecule has 0 saturated heterocycles. The van der Waals surface area contributed by atoms with Crippen LogP contribution in [0.3, 0.4) is 0 Å². The fourth-order valence-electron chi connectivity index (χ4n) is 2.05. The van der Waals surface area contributed by atoms with Crippen LogP contribution in [0.2, 0.25) is 0 Å². The van der Waals surface area contributed by atoms with E-state index in [9.17, 15) is 4.39 Å². The number of hydrogen-bond donors (Lipinski definition) is 2. The van der Waals surface area contributed by atoms with Crippen LogP contribution < -0.4 is 10.6 Å². The molecule has 0 aliphatic rings. The predicted molar refractivity (Wildman–Crippen MR) is 97.0 cm³/mol. The second-order valence-corrected chi connectivity index (χ2v) is 4.84. The van der Waals surface area contributed by atoms with E-state index in [-0.39, 0.29) is 29.8 Å². The molecular weight excluding hydrogens is 396 g/mol. The third-order valence-electron chi connectivity index (χ3n) is 3.19. The fourth-order valence-corrected chi connectivity index (χ4v) is 2.05. The zero-order valence-corrected chi connectivity index (χ0v) is 15.3. The Labute approximate surface area is 147 Å². The van der Waals surface area contributed by atoms with Crippen molar-refractivity contribution >= 4 is 29.9 Å². The van der Waals surface area contributed by atoms with Crippen LogP contribution >= 0.6 is 24.0 Å². The molecule has 0 aliphatic carbocycles. The van der Waals surface area contributed by atoms with Gasteiger partial charge in [0.05, 0.1) is 0 Å². The van der Waals surface area contributed by atoms with Gasteiger partial charge in [0.15, 0.2) is 5.96 Å². The summed E-state index contributed by atoms with van der Waals surface area (Å²) in [5, 5.41) is 6.41. The Kier molecular flexibility index (Phi) is 7.37. The molecule has 2 rings (SSSR count). The van der Waals surface area contributed by atoms with Crippen molar-refractivity contribution in [2.75, 3.05) is 7.05 Å². The average Bonchev–Trinajstić information content (AvgIpc) is 2.79. The Balaban J connectivity index is 0.00000242. The summed E-state index contributed by atoms with van der Waals surface area (Å²) < 4.78 is 18.3. The summed E-state index contributed by atoms with van der Waals surface area (Å²) in [7, 11) is 1.72. The number of nitrogens with zero attached hydrogens (tertiary/aromatic N) is 1. The number of hydrogen-bond acceptors (Lipinski definition) is 2. The second-order valence-electron chi connectivity index (χ2n) is 4.84. The van der Waals surface area contributed by atoms with Crippen LogP contribution in [0.5, 0.6) is 0 Å². The Bertz CT molecular complexity index is 623. The van der Waals surface area contributed by atoms with E-state index in [1.165, 1.54) is 12.1 Å². The predicted octanol–water partition coefficient (Wildman–Crippen LogP) is 3.52. The van der Waals surface area contributed by atoms with E-state index in [0.717, 1.165) is 22.6 Å². The summed E-state index contributed by atoms with van der Waals surface area (Å²) in [5.74, 6) is 2.28. The minimum absolute atomic E-state index is 0. The van der Waals surface area contributed by atoms with E-state index >= 15 is 0 Å². The minimum Gasteiger partial charge on any atom is -0.466 e. The van der Waals surface area contributed by atoms with Gasteiger partial charge in [0.1, 0.15) is 17.3 Å². The number of halogens is 2. The van der Waals surface area contributed by atoms with Gasteiger partial charge in [-0.25, -0.2) is 4.39 Å². The first-order valence-electron chi connectivity index (χ1n) is 6.83. The Hall–Kier alpha value is -1.57. The molecule has 2 aromatic rings. The van der Waals surface area contributed by atoms with Crippen LogP contribution in [0.4, 0.5) is 4.39 Å². The SMILES string of the molecule is CN=C(NCc1ccc(F)cc1)NCc1cc(C)oc1C.I. The maximum Gasteiger partial charge on any atom is 0.191 e. The number of nitrogens with one attached hydrogen (secondary N) is 2. The van der Waals surface area contributed by atoms with Crippen LogP contribution in [-0.4, -0.2) is 13.0 Å². The highest BCUT2D eigenvalue weighted by molar-refractivity contribution is 14.0. The van der Waals surface area contributed by atoms with Crippen LogP contribution in [0.15, 0.2) is 39.7 Å². The lowest BCUT2D eigenvalue weighted by molar-refractivity contribution is 0.500. The van der Waals surface area contributed by atoms with Gasteiger partial charge in [0.2, 0.25) is 0 Å². The highest BCUT2D eigenvalue weighted by Crippen LogP contribution is 2.12. The van der Waals surface area contributed by atoms with Crippen LogP contribution in [0.1, 0.15) is 22.6 Å². The van der Waals surface area contributed by atoms with E-state index in [1.54, 1.807) is 19.2 Å². The molecule has 22 heavy (non-hydrogen) atoms. The molecule has 1 heterocycles. The smallest absolute Gasteiger partial charge is 0.191 e. The minimum atomic E-state index is -0.230. The Morgan fingerprint density at radius 1 is 1.14 bits per heavy atom. The van der Waals surface area contributed by atoms with Gasteiger partial charge in [0.25, 0.3) is 0 Å². The van der Waals surface area contributed by atoms with E-state index in [1.807, 2.05) is 19.9 Å². The average molecular weight is 417 g/mol. The molecule has 0 fully saturated rings. The van der Waals surface area contributed by atoms with Crippen molar-refractivity contribution in [1.29, 1.82) is 0 Å². The van der Waals surface area contributed by atoms with Crippen molar-refractivity contribution in [2.45, 2.75) is 26.9 Å². The van der Waals surface area contributed by atoms with Crippen molar-refractivity contribution in [3.63, 3.8) is 0 Å². The van der Waals surface area contributed by atoms with Gasteiger partial charge in [-0.3, -0.25) is 4.99 Å².